The van der Waals surface area contributed by atoms with E-state index in [1.807, 2.05) is 0 Å². The van der Waals surface area contributed by atoms with Crippen LogP contribution >= 0.6 is 0 Å². The molecule has 8 nitrogen and oxygen atoms in total. The van der Waals surface area contributed by atoms with Crippen LogP contribution in [0, 0.1) is 6.92 Å². The molecular weight excluding hydrogens is 306 g/mol. The van der Waals surface area contributed by atoms with Gasteiger partial charge >= 0.3 is 0 Å². The van der Waals surface area contributed by atoms with Crippen LogP contribution in [0.1, 0.15) is 49.4 Å². The quantitative estimate of drug-likeness (QED) is 0.348. The van der Waals surface area contributed by atoms with Gasteiger partial charge in [-0.15, -0.1) is 0 Å². The van der Waals surface area contributed by atoms with Crippen LogP contribution in [0.3, 0.4) is 0 Å². The lowest BCUT2D eigenvalue weighted by molar-refractivity contribution is -0.182. The summed E-state index contributed by atoms with van der Waals surface area (Å²) in [5, 5.41) is 33.2. The smallest absolute Gasteiger partial charge is 0.225 e. The van der Waals surface area contributed by atoms with Crippen molar-refractivity contribution in [3.63, 3.8) is 0 Å². The zero-order chi connectivity index (χ0) is 17.4. The number of ketones is 2. The fourth-order valence-electron chi connectivity index (χ4n) is 2.32. The molecule has 128 valence electrons. The van der Waals surface area contributed by atoms with Crippen molar-refractivity contribution >= 4 is 11.6 Å². The molecule has 1 aromatic rings. The first-order chi connectivity index (χ1) is 10.6. The average Bonchev–Trinajstić information content (AvgIpc) is 2.93. The van der Waals surface area contributed by atoms with Crippen molar-refractivity contribution in [3.8, 4) is 0 Å². The van der Waals surface area contributed by atoms with Crippen LogP contribution in [0.15, 0.2) is 10.6 Å². The summed E-state index contributed by atoms with van der Waals surface area (Å²) >= 11 is 0. The maximum atomic E-state index is 11.8. The second-order valence-corrected chi connectivity index (χ2v) is 6.14. The summed E-state index contributed by atoms with van der Waals surface area (Å²) in [5.74, 6) is -2.64. The van der Waals surface area contributed by atoms with Gasteiger partial charge < -0.3 is 24.6 Å². The van der Waals surface area contributed by atoms with Crippen LogP contribution in [0.2, 0.25) is 0 Å². The van der Waals surface area contributed by atoms with E-state index in [-0.39, 0.29) is 30.8 Å². The normalized spacial score (nSPS) is 27.3. The Kier molecular flexibility index (Phi) is 4.72. The number of carbonyl (C=O) groups excluding carboxylic acids is 2. The van der Waals surface area contributed by atoms with Gasteiger partial charge in [-0.05, 0) is 27.2 Å². The van der Waals surface area contributed by atoms with E-state index in [4.69, 9.17) is 9.26 Å². The number of carbonyl (C=O) groups is 2. The minimum Gasteiger partial charge on any atom is -0.390 e. The van der Waals surface area contributed by atoms with Crippen molar-refractivity contribution in [2.45, 2.75) is 63.6 Å². The summed E-state index contributed by atoms with van der Waals surface area (Å²) in [5.41, 5.74) is -1.29. The van der Waals surface area contributed by atoms with E-state index >= 15 is 0 Å². The summed E-state index contributed by atoms with van der Waals surface area (Å²) in [6.07, 6.45) is -2.15. The van der Waals surface area contributed by atoms with Gasteiger partial charge in [0.1, 0.15) is 17.5 Å². The molecule has 0 spiro atoms. The number of hydrogen-bond acceptors (Lipinski definition) is 8. The maximum Gasteiger partial charge on any atom is 0.225 e. The average molecular weight is 327 g/mol. The highest BCUT2D eigenvalue weighted by Crippen LogP contribution is 2.46. The number of nitrogens with zero attached hydrogens (tertiary/aromatic N) is 1. The van der Waals surface area contributed by atoms with E-state index in [0.717, 1.165) is 0 Å². The molecule has 3 N–H and O–H groups in total. The summed E-state index contributed by atoms with van der Waals surface area (Å²) in [4.78, 5) is 23.6. The van der Waals surface area contributed by atoms with Crippen molar-refractivity contribution in [2.75, 3.05) is 0 Å². The van der Waals surface area contributed by atoms with E-state index in [1.54, 1.807) is 6.92 Å². The molecule has 0 bridgehead atoms. The lowest BCUT2D eigenvalue weighted by Crippen LogP contribution is -2.52. The number of epoxide rings is 1. The summed E-state index contributed by atoms with van der Waals surface area (Å²) in [6, 6.07) is 1.46. The zero-order valence-corrected chi connectivity index (χ0v) is 13.3. The largest absolute Gasteiger partial charge is 0.390 e. The molecule has 23 heavy (non-hydrogen) atoms. The first-order valence-corrected chi connectivity index (χ1v) is 7.36. The Balaban J connectivity index is 1.81. The molecule has 0 amide bonds. The van der Waals surface area contributed by atoms with Crippen molar-refractivity contribution in [3.05, 3.63) is 17.5 Å². The first-order valence-electron chi connectivity index (χ1n) is 7.36. The lowest BCUT2D eigenvalue weighted by atomic mass is 9.89. The number of rotatable bonds is 8. The Hall–Kier alpha value is -1.61. The van der Waals surface area contributed by atoms with Crippen LogP contribution in [0.5, 0.6) is 0 Å². The molecule has 0 unspecified atom stereocenters. The van der Waals surface area contributed by atoms with Crippen LogP contribution in [-0.2, 0) is 9.53 Å². The molecule has 0 saturated carbocycles. The fraction of sp³-hybridized carbons (Fsp3) is 0.667. The SMILES string of the molecule is Cc1cc(C(=O)CC(=O)CC[C@@H]2O[C@@]2(O)[C@](C)(O)[C@H](C)O)on1. The Morgan fingerprint density at radius 1 is 1.52 bits per heavy atom. The highest BCUT2D eigenvalue weighted by molar-refractivity contribution is 6.06. The van der Waals surface area contributed by atoms with Crippen LogP contribution in [0.25, 0.3) is 0 Å². The molecule has 0 aromatic carbocycles. The van der Waals surface area contributed by atoms with E-state index in [2.05, 4.69) is 5.16 Å². The summed E-state index contributed by atoms with van der Waals surface area (Å²) in [6.45, 7) is 4.26. The monoisotopic (exact) mass is 327 g/mol. The van der Waals surface area contributed by atoms with Crippen molar-refractivity contribution in [1.82, 2.24) is 5.16 Å². The minimum absolute atomic E-state index is 0.00171. The van der Waals surface area contributed by atoms with Gasteiger partial charge in [-0.2, -0.15) is 0 Å². The Bertz CT molecular complexity index is 607. The van der Waals surface area contributed by atoms with Crippen LogP contribution in [0.4, 0.5) is 0 Å². The topological polar surface area (TPSA) is 133 Å². The molecule has 1 aromatic heterocycles. The number of hydrogen-bond donors (Lipinski definition) is 3. The van der Waals surface area contributed by atoms with E-state index in [1.165, 1.54) is 19.9 Å². The Morgan fingerprint density at radius 3 is 2.70 bits per heavy atom. The second-order valence-electron chi connectivity index (χ2n) is 6.14. The fourth-order valence-corrected chi connectivity index (χ4v) is 2.32. The van der Waals surface area contributed by atoms with Crippen LogP contribution in [-0.4, -0.2) is 55.6 Å². The van der Waals surface area contributed by atoms with E-state index in [9.17, 15) is 24.9 Å². The lowest BCUT2D eigenvalue weighted by Gasteiger charge is -2.29. The minimum atomic E-state index is -1.88. The second kappa shape index (κ2) is 6.12. The predicted molar refractivity (Wildman–Crippen MR) is 76.6 cm³/mol. The third-order valence-electron chi connectivity index (χ3n) is 4.19. The van der Waals surface area contributed by atoms with E-state index in [0.29, 0.717) is 5.69 Å². The third kappa shape index (κ3) is 3.50. The van der Waals surface area contributed by atoms with Gasteiger partial charge in [0.15, 0.2) is 0 Å². The molecule has 1 saturated heterocycles. The van der Waals surface area contributed by atoms with Gasteiger partial charge in [0.05, 0.1) is 18.2 Å². The van der Waals surface area contributed by atoms with Gasteiger partial charge in [-0.3, -0.25) is 9.59 Å². The van der Waals surface area contributed by atoms with Gasteiger partial charge in [-0.1, -0.05) is 5.16 Å². The molecule has 4 atom stereocenters. The van der Waals surface area contributed by atoms with Gasteiger partial charge in [-0.25, -0.2) is 0 Å². The molecule has 0 radical (unpaired) electrons. The summed E-state index contributed by atoms with van der Waals surface area (Å²) in [7, 11) is 0. The number of aromatic nitrogens is 1. The van der Waals surface area contributed by atoms with Gasteiger partial charge in [0.25, 0.3) is 0 Å². The number of ether oxygens (including phenoxy) is 1. The standard InChI is InChI=1S/C15H21NO7/c1-8-6-12(23-16-8)11(19)7-10(18)4-5-13-15(21,22-13)14(3,20)9(2)17/h6,9,13,17,20-21H,4-5,7H2,1-3H3/t9-,13-,14+,15+/m0/s1. The molecule has 8 heteroatoms. The zero-order valence-electron chi connectivity index (χ0n) is 13.3. The Morgan fingerprint density at radius 2 is 2.17 bits per heavy atom. The number of aryl methyl sites for hydroxylation is 1. The first kappa shape index (κ1) is 17.7. The molecular formula is C15H21NO7. The van der Waals surface area contributed by atoms with Gasteiger partial charge in [0, 0.05) is 12.5 Å². The third-order valence-corrected chi connectivity index (χ3v) is 4.19. The van der Waals surface area contributed by atoms with Crippen molar-refractivity contribution in [1.29, 1.82) is 0 Å². The maximum absolute atomic E-state index is 11.8. The number of Topliss-reactive ketones (excluding diaryl/α,β-unsaturated/α-hetero) is 2. The van der Waals surface area contributed by atoms with Gasteiger partial charge in [0.2, 0.25) is 17.3 Å². The molecule has 0 aliphatic carbocycles. The molecule has 1 fully saturated rings. The van der Waals surface area contributed by atoms with Crippen molar-refractivity contribution in [2.24, 2.45) is 0 Å². The van der Waals surface area contributed by atoms with E-state index < -0.39 is 29.4 Å². The molecule has 2 heterocycles. The van der Waals surface area contributed by atoms with Crippen LogP contribution < -0.4 is 0 Å². The number of aliphatic hydroxyl groups is 3. The highest BCUT2D eigenvalue weighted by atomic mass is 16.8. The number of aliphatic hydroxyl groups excluding tert-OH is 1. The molecule has 1 aliphatic rings. The molecule has 2 rings (SSSR count). The highest BCUT2D eigenvalue weighted by Gasteiger charge is 2.67. The Labute approximate surface area is 133 Å². The van der Waals surface area contributed by atoms with Crippen molar-refractivity contribution < 1.29 is 34.2 Å². The predicted octanol–water partition coefficient (Wildman–Crippen LogP) is 0.124. The summed E-state index contributed by atoms with van der Waals surface area (Å²) < 4.78 is 9.85. The molecule has 1 aliphatic heterocycles.